The highest BCUT2D eigenvalue weighted by molar-refractivity contribution is 7.99. The average Bonchev–Trinajstić information content (AvgIpc) is 2.82. The van der Waals surface area contributed by atoms with Crippen molar-refractivity contribution in [2.45, 2.75) is 17.0 Å². The van der Waals surface area contributed by atoms with E-state index >= 15 is 0 Å². The SMILES string of the molecule is CN1CC2(CN(c3nc(=O)n4c5c(c(-c6ccc(F)cc6F)c(Cl)cc35)SCC4)CCN2)C1=O. The highest BCUT2D eigenvalue weighted by Gasteiger charge is 2.53. The maximum Gasteiger partial charge on any atom is 0.350 e. The molecule has 0 aliphatic carbocycles. The van der Waals surface area contributed by atoms with E-state index in [1.165, 1.54) is 23.9 Å². The van der Waals surface area contributed by atoms with Gasteiger partial charge in [-0.2, -0.15) is 4.98 Å². The fraction of sp³-hybridized carbons (Fsp3) is 0.348. The second kappa shape index (κ2) is 7.66. The monoisotopic (exact) mass is 503 g/mol. The first kappa shape index (κ1) is 21.8. The zero-order valence-electron chi connectivity index (χ0n) is 18.2. The molecule has 1 atom stereocenters. The molecular formula is C23H20ClF2N5O2S. The zero-order chi connectivity index (χ0) is 23.8. The molecule has 1 N–H and O–H groups in total. The summed E-state index contributed by atoms with van der Waals surface area (Å²) in [4.78, 5) is 34.4. The molecule has 1 aromatic heterocycles. The Kier molecular flexibility index (Phi) is 4.91. The third-order valence-electron chi connectivity index (χ3n) is 6.78. The Balaban J connectivity index is 1.56. The number of likely N-dealkylation sites (N-methyl/N-ethyl adjacent to an activating group) is 1. The number of nitrogens with one attached hydrogen (secondary N) is 1. The van der Waals surface area contributed by atoms with Crippen LogP contribution in [0.2, 0.25) is 5.02 Å². The topological polar surface area (TPSA) is 70.5 Å². The number of carbonyl (C=O) groups is 1. The second-order valence-electron chi connectivity index (χ2n) is 8.89. The van der Waals surface area contributed by atoms with Crippen molar-refractivity contribution in [1.82, 2.24) is 19.8 Å². The van der Waals surface area contributed by atoms with Crippen molar-refractivity contribution in [3.8, 4) is 11.1 Å². The van der Waals surface area contributed by atoms with Crippen LogP contribution < -0.4 is 15.9 Å². The molecule has 0 radical (unpaired) electrons. The molecule has 1 spiro atoms. The van der Waals surface area contributed by atoms with E-state index in [2.05, 4.69) is 10.3 Å². The van der Waals surface area contributed by atoms with Crippen LogP contribution in [-0.2, 0) is 11.3 Å². The van der Waals surface area contributed by atoms with Gasteiger partial charge in [0.05, 0.1) is 10.5 Å². The first-order chi connectivity index (χ1) is 16.3. The number of aromatic nitrogens is 2. The summed E-state index contributed by atoms with van der Waals surface area (Å²) in [5, 5.41) is 4.29. The molecule has 3 aliphatic rings. The minimum absolute atomic E-state index is 0.0133. The van der Waals surface area contributed by atoms with Crippen molar-refractivity contribution in [2.75, 3.05) is 43.9 Å². The average molecular weight is 504 g/mol. The summed E-state index contributed by atoms with van der Waals surface area (Å²) in [5.41, 5.74) is 0.167. The maximum atomic E-state index is 14.8. The lowest BCUT2D eigenvalue weighted by atomic mass is 9.86. The normalized spacial score (nSPS) is 21.9. The van der Waals surface area contributed by atoms with Crippen molar-refractivity contribution in [1.29, 1.82) is 0 Å². The number of rotatable bonds is 2. The molecule has 3 aliphatic heterocycles. The summed E-state index contributed by atoms with van der Waals surface area (Å²) < 4.78 is 29.9. The Morgan fingerprint density at radius 2 is 2.00 bits per heavy atom. The van der Waals surface area contributed by atoms with E-state index in [1.807, 2.05) is 4.90 Å². The van der Waals surface area contributed by atoms with Crippen LogP contribution >= 0.6 is 23.4 Å². The van der Waals surface area contributed by atoms with Crippen molar-refractivity contribution in [2.24, 2.45) is 0 Å². The predicted octanol–water partition coefficient (Wildman–Crippen LogP) is 2.72. The summed E-state index contributed by atoms with van der Waals surface area (Å²) in [7, 11) is 1.76. The van der Waals surface area contributed by atoms with E-state index in [-0.39, 0.29) is 11.5 Å². The minimum atomic E-state index is -0.719. The van der Waals surface area contributed by atoms with Crippen molar-refractivity contribution < 1.29 is 13.6 Å². The number of aryl methyl sites for hydroxylation is 1. The van der Waals surface area contributed by atoms with Crippen LogP contribution in [0.15, 0.2) is 34.0 Å². The number of nitrogens with zero attached hydrogens (tertiary/aromatic N) is 4. The van der Waals surface area contributed by atoms with Gasteiger partial charge in [0.1, 0.15) is 23.0 Å². The summed E-state index contributed by atoms with van der Waals surface area (Å²) in [6, 6.07) is 5.09. The van der Waals surface area contributed by atoms with E-state index in [1.54, 1.807) is 22.6 Å². The molecule has 1 unspecified atom stereocenters. The summed E-state index contributed by atoms with van der Waals surface area (Å²) in [6.07, 6.45) is 0. The second-order valence-corrected chi connectivity index (χ2v) is 10.4. The predicted molar refractivity (Wildman–Crippen MR) is 128 cm³/mol. The van der Waals surface area contributed by atoms with Gasteiger partial charge in [-0.1, -0.05) is 11.6 Å². The van der Waals surface area contributed by atoms with Gasteiger partial charge in [-0.25, -0.2) is 13.6 Å². The number of likely N-dealkylation sites (tertiary alicyclic amines) is 1. The highest BCUT2D eigenvalue weighted by Crippen LogP contribution is 2.46. The number of hydrogen-bond acceptors (Lipinski definition) is 6. The molecule has 0 saturated carbocycles. The van der Waals surface area contributed by atoms with Crippen LogP contribution in [-0.4, -0.2) is 64.9 Å². The molecule has 2 aromatic carbocycles. The largest absolute Gasteiger partial charge is 0.352 e. The Hall–Kier alpha value is -2.69. The zero-order valence-corrected chi connectivity index (χ0v) is 19.8. The van der Waals surface area contributed by atoms with E-state index < -0.39 is 22.9 Å². The van der Waals surface area contributed by atoms with Crippen LogP contribution in [0.5, 0.6) is 0 Å². The molecule has 2 saturated heterocycles. The van der Waals surface area contributed by atoms with Crippen LogP contribution in [0.3, 0.4) is 0 Å². The quantitative estimate of drug-likeness (QED) is 0.542. The third-order valence-corrected chi connectivity index (χ3v) is 8.15. The lowest BCUT2D eigenvalue weighted by Crippen LogP contribution is -2.78. The van der Waals surface area contributed by atoms with Crippen LogP contribution in [0, 0.1) is 11.6 Å². The number of thioether (sulfide) groups is 1. The molecule has 4 heterocycles. The first-order valence-electron chi connectivity index (χ1n) is 10.9. The van der Waals surface area contributed by atoms with Gasteiger partial charge >= 0.3 is 5.69 Å². The van der Waals surface area contributed by atoms with Gasteiger partial charge in [0.25, 0.3) is 0 Å². The maximum absolute atomic E-state index is 14.8. The third kappa shape index (κ3) is 3.08. The number of benzene rings is 2. The Morgan fingerprint density at radius 1 is 1.18 bits per heavy atom. The number of piperazine rings is 1. The van der Waals surface area contributed by atoms with Gasteiger partial charge in [-0.05, 0) is 18.2 Å². The Morgan fingerprint density at radius 3 is 2.74 bits per heavy atom. The molecule has 3 aromatic rings. The summed E-state index contributed by atoms with van der Waals surface area (Å²) in [5.74, 6) is -0.317. The molecular weight excluding hydrogens is 484 g/mol. The van der Waals surface area contributed by atoms with E-state index in [4.69, 9.17) is 11.6 Å². The van der Waals surface area contributed by atoms with Crippen LogP contribution in [0.4, 0.5) is 14.6 Å². The summed E-state index contributed by atoms with van der Waals surface area (Å²) >= 11 is 8.20. The van der Waals surface area contributed by atoms with Gasteiger partial charge in [0, 0.05) is 73.0 Å². The molecule has 11 heteroatoms. The number of carbonyl (C=O) groups excluding carboxylic acids is 1. The number of amides is 1. The van der Waals surface area contributed by atoms with E-state index in [0.29, 0.717) is 70.7 Å². The van der Waals surface area contributed by atoms with Gasteiger partial charge in [0.2, 0.25) is 5.91 Å². The summed E-state index contributed by atoms with van der Waals surface area (Å²) in [6.45, 7) is 2.56. The first-order valence-corrected chi connectivity index (χ1v) is 12.3. The number of anilines is 1. The molecule has 34 heavy (non-hydrogen) atoms. The Bertz CT molecular complexity index is 1440. The fourth-order valence-corrected chi connectivity index (χ4v) is 6.83. The molecule has 0 bridgehead atoms. The fourth-order valence-electron chi connectivity index (χ4n) is 5.27. The van der Waals surface area contributed by atoms with Crippen molar-refractivity contribution in [3.05, 3.63) is 51.4 Å². The van der Waals surface area contributed by atoms with Crippen molar-refractivity contribution in [3.63, 3.8) is 0 Å². The number of β-lactam (4-membered cyclic amide) rings is 1. The Labute approximate surface area is 202 Å². The van der Waals surface area contributed by atoms with Gasteiger partial charge < -0.3 is 9.80 Å². The van der Waals surface area contributed by atoms with E-state index in [9.17, 15) is 18.4 Å². The van der Waals surface area contributed by atoms with Crippen LogP contribution in [0.25, 0.3) is 22.0 Å². The lowest BCUT2D eigenvalue weighted by Gasteiger charge is -2.52. The number of hydrogen-bond donors (Lipinski definition) is 1. The van der Waals surface area contributed by atoms with Crippen LogP contribution in [0.1, 0.15) is 0 Å². The molecule has 7 nitrogen and oxygen atoms in total. The highest BCUT2D eigenvalue weighted by atomic mass is 35.5. The minimum Gasteiger partial charge on any atom is -0.352 e. The molecule has 6 rings (SSSR count). The van der Waals surface area contributed by atoms with Gasteiger partial charge in [-0.3, -0.25) is 14.7 Å². The van der Waals surface area contributed by atoms with Crippen molar-refractivity contribution >= 4 is 46.0 Å². The molecule has 176 valence electrons. The lowest BCUT2D eigenvalue weighted by molar-refractivity contribution is -0.150. The van der Waals surface area contributed by atoms with Gasteiger partial charge in [0.15, 0.2) is 0 Å². The standard InChI is InChI=1S/C23H20ClF2N5O2S/c1-29-10-23(21(29)32)11-30(5-4-27-23)20-14-9-15(24)17(13-3-2-12(25)8-16(13)26)19-18(14)31(6-7-34-19)22(33)28-20/h2-3,8-9,27H,4-7,10-11H2,1H3. The van der Waals surface area contributed by atoms with Gasteiger partial charge in [-0.15, -0.1) is 11.8 Å². The number of halogens is 3. The molecule has 1 amide bonds. The smallest absolute Gasteiger partial charge is 0.350 e. The van der Waals surface area contributed by atoms with E-state index in [0.717, 1.165) is 6.07 Å². The molecule has 2 fully saturated rings.